The number of ether oxygens (including phenoxy) is 1. The van der Waals surface area contributed by atoms with Crippen molar-refractivity contribution < 1.29 is 24.2 Å². The number of amides is 2. The number of carboxylic acids is 1. The fraction of sp³-hybridized carbons (Fsp3) is 0.370. The van der Waals surface area contributed by atoms with Crippen LogP contribution in [0.15, 0.2) is 48.5 Å². The van der Waals surface area contributed by atoms with Gasteiger partial charge in [0.05, 0.1) is 5.41 Å². The van der Waals surface area contributed by atoms with Gasteiger partial charge in [0, 0.05) is 25.4 Å². The van der Waals surface area contributed by atoms with Crippen molar-refractivity contribution in [3.05, 3.63) is 59.7 Å². The van der Waals surface area contributed by atoms with Crippen LogP contribution < -0.4 is 5.32 Å². The van der Waals surface area contributed by atoms with Gasteiger partial charge in [-0.25, -0.2) is 4.79 Å². The van der Waals surface area contributed by atoms with Gasteiger partial charge in [-0.05, 0) is 35.1 Å². The SMILES string of the molecule is C#CCC(NC(=O)OCC1c2ccccc2-c2ccccc21)C(=O)N1CCC(CC)(C(=O)O)C1. The van der Waals surface area contributed by atoms with Crippen LogP contribution in [-0.2, 0) is 14.3 Å². The van der Waals surface area contributed by atoms with Crippen molar-refractivity contribution in [3.8, 4) is 23.5 Å². The van der Waals surface area contributed by atoms with Crippen LogP contribution in [0.25, 0.3) is 11.1 Å². The average molecular weight is 461 g/mol. The van der Waals surface area contributed by atoms with Crippen LogP contribution in [0.5, 0.6) is 0 Å². The minimum absolute atomic E-state index is 0.00821. The topological polar surface area (TPSA) is 95.9 Å². The molecule has 0 aromatic heterocycles. The van der Waals surface area contributed by atoms with E-state index in [1.54, 1.807) is 6.92 Å². The summed E-state index contributed by atoms with van der Waals surface area (Å²) in [5, 5.41) is 12.2. The molecule has 1 aliphatic heterocycles. The van der Waals surface area contributed by atoms with Crippen LogP contribution in [0, 0.1) is 17.8 Å². The van der Waals surface area contributed by atoms with Gasteiger partial charge >= 0.3 is 12.1 Å². The molecule has 7 nitrogen and oxygen atoms in total. The number of aliphatic carboxylic acids is 1. The number of alkyl carbamates (subject to hydrolysis) is 1. The number of carboxylic acid groups (broad SMARTS) is 1. The number of nitrogens with zero attached hydrogens (tertiary/aromatic N) is 1. The summed E-state index contributed by atoms with van der Waals surface area (Å²) in [5.41, 5.74) is 3.47. The summed E-state index contributed by atoms with van der Waals surface area (Å²) < 4.78 is 5.55. The lowest BCUT2D eigenvalue weighted by Gasteiger charge is -2.26. The number of hydrogen-bond acceptors (Lipinski definition) is 4. The normalized spacial score (nSPS) is 19.6. The third-order valence-corrected chi connectivity index (χ3v) is 7.05. The number of terminal acetylenes is 1. The number of likely N-dealkylation sites (tertiary alicyclic amines) is 1. The van der Waals surface area contributed by atoms with E-state index in [0.717, 1.165) is 22.3 Å². The Morgan fingerprint density at radius 3 is 2.32 bits per heavy atom. The lowest BCUT2D eigenvalue weighted by atomic mass is 9.84. The zero-order valence-electron chi connectivity index (χ0n) is 19.1. The van der Waals surface area contributed by atoms with E-state index in [1.807, 2.05) is 36.4 Å². The molecule has 34 heavy (non-hydrogen) atoms. The van der Waals surface area contributed by atoms with Gasteiger partial charge in [0.25, 0.3) is 0 Å². The van der Waals surface area contributed by atoms with Gasteiger partial charge in [0.2, 0.25) is 5.91 Å². The largest absolute Gasteiger partial charge is 0.481 e. The molecule has 2 N–H and O–H groups in total. The molecule has 0 bridgehead atoms. The molecule has 0 spiro atoms. The maximum absolute atomic E-state index is 13.1. The van der Waals surface area contributed by atoms with Crippen molar-refractivity contribution >= 4 is 18.0 Å². The van der Waals surface area contributed by atoms with E-state index >= 15 is 0 Å². The van der Waals surface area contributed by atoms with Crippen molar-refractivity contribution in [2.75, 3.05) is 19.7 Å². The average Bonchev–Trinajstić information content (AvgIpc) is 3.43. The molecular formula is C27H28N2O5. The Kier molecular flexibility index (Phi) is 6.60. The maximum Gasteiger partial charge on any atom is 0.407 e. The van der Waals surface area contributed by atoms with Gasteiger partial charge in [0.15, 0.2) is 0 Å². The van der Waals surface area contributed by atoms with Crippen molar-refractivity contribution in [1.82, 2.24) is 10.2 Å². The Hall–Kier alpha value is -3.79. The van der Waals surface area contributed by atoms with E-state index in [2.05, 4.69) is 23.4 Å². The predicted octanol–water partition coefficient (Wildman–Crippen LogP) is 3.63. The molecule has 1 saturated heterocycles. The molecule has 1 heterocycles. The summed E-state index contributed by atoms with van der Waals surface area (Å²) in [5.74, 6) is 1.03. The zero-order valence-corrected chi connectivity index (χ0v) is 19.1. The quantitative estimate of drug-likeness (QED) is 0.615. The van der Waals surface area contributed by atoms with Gasteiger partial charge in [-0.15, -0.1) is 12.3 Å². The molecule has 2 unspecified atom stereocenters. The third kappa shape index (κ3) is 4.24. The first kappa shape index (κ1) is 23.4. The summed E-state index contributed by atoms with van der Waals surface area (Å²) in [4.78, 5) is 38.9. The summed E-state index contributed by atoms with van der Waals surface area (Å²) >= 11 is 0. The highest BCUT2D eigenvalue weighted by molar-refractivity contribution is 5.87. The minimum atomic E-state index is -0.970. The standard InChI is InChI=1S/C27H28N2O5/c1-3-9-23(24(30)29-15-14-27(4-2,17-29)25(31)32)28-26(33)34-16-22-20-12-7-5-10-18(20)19-11-6-8-13-21(19)22/h1,5-8,10-13,22-23H,4,9,14-17H2,2H3,(H,28,33)(H,31,32). The highest BCUT2D eigenvalue weighted by atomic mass is 16.5. The van der Waals surface area contributed by atoms with Crippen molar-refractivity contribution in [1.29, 1.82) is 0 Å². The Morgan fingerprint density at radius 2 is 1.79 bits per heavy atom. The van der Waals surface area contributed by atoms with Crippen molar-refractivity contribution in [3.63, 3.8) is 0 Å². The number of benzene rings is 2. The molecule has 1 aliphatic carbocycles. The Morgan fingerprint density at radius 1 is 1.18 bits per heavy atom. The highest BCUT2D eigenvalue weighted by Gasteiger charge is 2.45. The molecule has 2 atom stereocenters. The first-order valence-corrected chi connectivity index (χ1v) is 11.5. The second kappa shape index (κ2) is 9.60. The van der Waals surface area contributed by atoms with Crippen LogP contribution in [0.4, 0.5) is 4.79 Å². The summed E-state index contributed by atoms with van der Waals surface area (Å²) in [6, 6.07) is 15.1. The monoisotopic (exact) mass is 460 g/mol. The lowest BCUT2D eigenvalue weighted by Crippen LogP contribution is -2.49. The van der Waals surface area contributed by atoms with Crippen molar-refractivity contribution in [2.24, 2.45) is 5.41 Å². The van der Waals surface area contributed by atoms with E-state index in [-0.39, 0.29) is 31.4 Å². The van der Waals surface area contributed by atoms with Crippen LogP contribution in [0.3, 0.4) is 0 Å². The van der Waals surface area contributed by atoms with Gasteiger partial charge in [-0.2, -0.15) is 0 Å². The number of carbonyl (C=O) groups excluding carboxylic acids is 2. The second-order valence-electron chi connectivity index (χ2n) is 8.88. The van der Waals surface area contributed by atoms with Crippen LogP contribution in [0.1, 0.15) is 43.2 Å². The lowest BCUT2D eigenvalue weighted by molar-refractivity contribution is -0.148. The van der Waals surface area contributed by atoms with E-state index in [1.165, 1.54) is 4.90 Å². The molecule has 2 aliphatic rings. The molecule has 176 valence electrons. The molecule has 2 aromatic carbocycles. The molecule has 7 heteroatoms. The summed E-state index contributed by atoms with van der Waals surface area (Å²) in [6.07, 6.45) is 5.50. The van der Waals surface area contributed by atoms with Gasteiger partial charge in [-0.1, -0.05) is 55.5 Å². The number of carbonyl (C=O) groups is 3. The smallest absolute Gasteiger partial charge is 0.407 e. The number of fused-ring (bicyclic) bond motifs is 3. The summed E-state index contributed by atoms with van der Waals surface area (Å²) in [7, 11) is 0. The number of hydrogen-bond donors (Lipinski definition) is 2. The summed E-state index contributed by atoms with van der Waals surface area (Å²) in [6.45, 7) is 2.34. The fourth-order valence-electron chi connectivity index (χ4n) is 5.00. The predicted molar refractivity (Wildman–Crippen MR) is 127 cm³/mol. The Bertz CT molecular complexity index is 1110. The van der Waals surface area contributed by atoms with Gasteiger partial charge in [-0.3, -0.25) is 9.59 Å². The van der Waals surface area contributed by atoms with Crippen molar-refractivity contribution in [2.45, 2.75) is 38.1 Å². The molecule has 1 fully saturated rings. The molecule has 0 saturated carbocycles. The van der Waals surface area contributed by atoms with Crippen LogP contribution >= 0.6 is 0 Å². The Labute approximate surface area is 199 Å². The van der Waals surface area contributed by atoms with E-state index in [0.29, 0.717) is 19.4 Å². The van der Waals surface area contributed by atoms with Gasteiger partial charge < -0.3 is 20.1 Å². The maximum atomic E-state index is 13.1. The van der Waals surface area contributed by atoms with Gasteiger partial charge in [0.1, 0.15) is 12.6 Å². The molecule has 4 rings (SSSR count). The zero-order chi connectivity index (χ0) is 24.3. The second-order valence-corrected chi connectivity index (χ2v) is 8.88. The van der Waals surface area contributed by atoms with E-state index in [4.69, 9.17) is 11.2 Å². The number of rotatable bonds is 7. The Balaban J connectivity index is 1.41. The van der Waals surface area contributed by atoms with E-state index in [9.17, 15) is 19.5 Å². The van der Waals surface area contributed by atoms with Crippen LogP contribution in [0.2, 0.25) is 0 Å². The van der Waals surface area contributed by atoms with E-state index < -0.39 is 23.5 Å². The van der Waals surface area contributed by atoms with Crippen LogP contribution in [-0.4, -0.2) is 53.7 Å². The molecule has 2 aromatic rings. The first-order chi connectivity index (χ1) is 16.4. The minimum Gasteiger partial charge on any atom is -0.481 e. The molecule has 0 radical (unpaired) electrons. The first-order valence-electron chi connectivity index (χ1n) is 11.5. The highest BCUT2D eigenvalue weighted by Crippen LogP contribution is 2.44. The molecule has 2 amide bonds. The number of nitrogens with one attached hydrogen (secondary N) is 1. The fourth-order valence-corrected chi connectivity index (χ4v) is 5.00. The molecular weight excluding hydrogens is 432 g/mol. The third-order valence-electron chi connectivity index (χ3n) is 7.05.